The summed E-state index contributed by atoms with van der Waals surface area (Å²) >= 11 is 4.69. The SMILES string of the molecule is COc1ccc(C[C@H]2CN3CCC[C@@]3(CNc3cc(F)c(S(=O)(=O)N(Cc4ccc(OC)cc4OC)c4nccs4)cc3Br)C2)cc1. The van der Waals surface area contributed by atoms with Gasteiger partial charge in [-0.15, -0.1) is 11.3 Å². The van der Waals surface area contributed by atoms with E-state index in [1.54, 1.807) is 30.7 Å². The average Bonchev–Trinajstić information content (AvgIpc) is 3.81. The van der Waals surface area contributed by atoms with Crippen molar-refractivity contribution in [3.05, 3.63) is 87.6 Å². The van der Waals surface area contributed by atoms with E-state index in [1.165, 1.54) is 38.1 Å². The first kappa shape index (κ1) is 33.5. The fraction of sp³-hybridized carbons (Fsp3) is 0.382. The van der Waals surface area contributed by atoms with Crippen LogP contribution in [-0.4, -0.2) is 64.8 Å². The van der Waals surface area contributed by atoms with Gasteiger partial charge in [-0.2, -0.15) is 0 Å². The third-order valence-corrected chi connectivity index (χ3v) is 12.5. The molecular formula is C34H38BrFN4O5S2. The number of nitrogens with one attached hydrogen (secondary N) is 1. The predicted octanol–water partition coefficient (Wildman–Crippen LogP) is 6.98. The van der Waals surface area contributed by atoms with Crippen LogP contribution in [0.1, 0.15) is 30.4 Å². The zero-order valence-corrected chi connectivity index (χ0v) is 29.8. The van der Waals surface area contributed by atoms with E-state index in [0.717, 1.165) is 60.2 Å². The molecule has 2 aliphatic rings. The number of methoxy groups -OCH3 is 3. The van der Waals surface area contributed by atoms with Gasteiger partial charge in [0.05, 0.1) is 33.6 Å². The van der Waals surface area contributed by atoms with E-state index in [1.807, 2.05) is 12.1 Å². The molecular weight excluding hydrogens is 707 g/mol. The summed E-state index contributed by atoms with van der Waals surface area (Å²) in [4.78, 5) is 6.37. The summed E-state index contributed by atoms with van der Waals surface area (Å²) in [6, 6.07) is 16.0. The highest BCUT2D eigenvalue weighted by Crippen LogP contribution is 2.43. The Hall–Kier alpha value is -3.39. The number of thiazole rings is 1. The van der Waals surface area contributed by atoms with Crippen LogP contribution < -0.4 is 23.8 Å². The van der Waals surface area contributed by atoms with Gasteiger partial charge in [0.25, 0.3) is 10.0 Å². The van der Waals surface area contributed by atoms with Gasteiger partial charge < -0.3 is 19.5 Å². The van der Waals surface area contributed by atoms with Crippen LogP contribution in [0, 0.1) is 11.7 Å². The highest BCUT2D eigenvalue weighted by molar-refractivity contribution is 9.10. The number of hydrogen-bond acceptors (Lipinski definition) is 9. The van der Waals surface area contributed by atoms with Crippen molar-refractivity contribution in [3.63, 3.8) is 0 Å². The minimum atomic E-state index is -4.37. The number of benzene rings is 3. The third kappa shape index (κ3) is 6.94. The van der Waals surface area contributed by atoms with Gasteiger partial charge in [-0.05, 0) is 96.0 Å². The Balaban J connectivity index is 1.21. The number of rotatable bonds is 13. The first-order valence-electron chi connectivity index (χ1n) is 15.4. The number of fused-ring (bicyclic) bond motifs is 1. The molecule has 3 heterocycles. The smallest absolute Gasteiger partial charge is 0.269 e. The number of nitrogens with zero attached hydrogens (tertiary/aromatic N) is 3. The molecule has 0 unspecified atom stereocenters. The maximum atomic E-state index is 15.9. The molecule has 2 aliphatic heterocycles. The number of hydrogen-bond donors (Lipinski definition) is 1. The molecule has 2 atom stereocenters. The first-order valence-corrected chi connectivity index (χ1v) is 18.5. The Morgan fingerprint density at radius 1 is 1.09 bits per heavy atom. The van der Waals surface area contributed by atoms with Gasteiger partial charge in [-0.3, -0.25) is 4.90 Å². The number of aromatic nitrogens is 1. The molecule has 13 heteroatoms. The second-order valence-electron chi connectivity index (χ2n) is 12.0. The van der Waals surface area contributed by atoms with Crippen molar-refractivity contribution in [1.82, 2.24) is 9.88 Å². The molecule has 4 aromatic rings. The molecule has 0 saturated carbocycles. The van der Waals surface area contributed by atoms with Crippen molar-refractivity contribution in [2.24, 2.45) is 5.92 Å². The zero-order valence-electron chi connectivity index (χ0n) is 26.5. The lowest BCUT2D eigenvalue weighted by molar-refractivity contribution is 0.209. The Morgan fingerprint density at radius 3 is 2.55 bits per heavy atom. The molecule has 0 radical (unpaired) electrons. The number of sulfonamides is 1. The largest absolute Gasteiger partial charge is 0.497 e. The molecule has 0 aliphatic carbocycles. The van der Waals surface area contributed by atoms with Crippen molar-refractivity contribution >= 4 is 48.1 Å². The van der Waals surface area contributed by atoms with Crippen LogP contribution in [0.25, 0.3) is 0 Å². The Bertz CT molecular complexity index is 1810. The summed E-state index contributed by atoms with van der Waals surface area (Å²) in [6.07, 6.45) is 5.73. The summed E-state index contributed by atoms with van der Waals surface area (Å²) in [6.45, 7) is 2.58. The molecule has 1 aromatic heterocycles. The third-order valence-electron chi connectivity index (χ3n) is 9.21. The van der Waals surface area contributed by atoms with E-state index in [2.05, 4.69) is 43.3 Å². The predicted molar refractivity (Wildman–Crippen MR) is 186 cm³/mol. The van der Waals surface area contributed by atoms with Crippen LogP contribution in [0.2, 0.25) is 0 Å². The summed E-state index contributed by atoms with van der Waals surface area (Å²) in [5.41, 5.74) is 2.35. The highest BCUT2D eigenvalue weighted by atomic mass is 79.9. The van der Waals surface area contributed by atoms with Crippen LogP contribution in [0.4, 0.5) is 15.2 Å². The normalized spacial score (nSPS) is 19.4. The molecule has 2 fully saturated rings. The maximum absolute atomic E-state index is 15.9. The fourth-order valence-corrected chi connectivity index (χ4v) is 9.88. The Labute approximate surface area is 287 Å². The summed E-state index contributed by atoms with van der Waals surface area (Å²) in [7, 11) is 0.338. The topological polar surface area (TPSA) is 93.2 Å². The molecule has 47 heavy (non-hydrogen) atoms. The second kappa shape index (κ2) is 14.0. The van der Waals surface area contributed by atoms with Gasteiger partial charge in [0, 0.05) is 46.3 Å². The summed E-state index contributed by atoms with van der Waals surface area (Å²) < 4.78 is 61.8. The van der Waals surface area contributed by atoms with E-state index in [0.29, 0.717) is 39.7 Å². The lowest BCUT2D eigenvalue weighted by atomic mass is 9.87. The van der Waals surface area contributed by atoms with Crippen molar-refractivity contribution in [1.29, 1.82) is 0 Å². The molecule has 0 bridgehead atoms. The van der Waals surface area contributed by atoms with Crippen molar-refractivity contribution in [2.75, 3.05) is 50.6 Å². The molecule has 0 spiro atoms. The van der Waals surface area contributed by atoms with E-state index in [-0.39, 0.29) is 17.2 Å². The van der Waals surface area contributed by atoms with Gasteiger partial charge >= 0.3 is 0 Å². The molecule has 3 aromatic carbocycles. The van der Waals surface area contributed by atoms with E-state index in [4.69, 9.17) is 14.2 Å². The van der Waals surface area contributed by atoms with E-state index >= 15 is 4.39 Å². The first-order chi connectivity index (χ1) is 22.7. The highest BCUT2D eigenvalue weighted by Gasteiger charge is 2.48. The van der Waals surface area contributed by atoms with Gasteiger partial charge in [-0.25, -0.2) is 22.1 Å². The van der Waals surface area contributed by atoms with Crippen LogP contribution in [0.3, 0.4) is 0 Å². The Kier molecular flexibility index (Phi) is 9.98. The van der Waals surface area contributed by atoms with Crippen LogP contribution in [0.15, 0.2) is 75.5 Å². The fourth-order valence-electron chi connectivity index (χ4n) is 6.90. The minimum Gasteiger partial charge on any atom is -0.497 e. The Morgan fingerprint density at radius 2 is 1.85 bits per heavy atom. The maximum Gasteiger partial charge on any atom is 0.269 e. The monoisotopic (exact) mass is 744 g/mol. The van der Waals surface area contributed by atoms with Crippen LogP contribution in [-0.2, 0) is 23.0 Å². The minimum absolute atomic E-state index is 0.0309. The molecule has 0 amide bonds. The quantitative estimate of drug-likeness (QED) is 0.157. The van der Waals surface area contributed by atoms with Crippen molar-refractivity contribution < 1.29 is 27.0 Å². The van der Waals surface area contributed by atoms with Crippen molar-refractivity contribution in [2.45, 2.75) is 42.7 Å². The van der Waals surface area contributed by atoms with E-state index in [9.17, 15) is 8.42 Å². The lowest BCUT2D eigenvalue weighted by Gasteiger charge is -2.33. The molecule has 6 rings (SSSR count). The second-order valence-corrected chi connectivity index (χ2v) is 15.6. The number of anilines is 2. The lowest BCUT2D eigenvalue weighted by Crippen LogP contribution is -2.44. The summed E-state index contributed by atoms with van der Waals surface area (Å²) in [5.74, 6) is 1.54. The summed E-state index contributed by atoms with van der Waals surface area (Å²) in [5, 5.41) is 5.36. The molecule has 1 N–H and O–H groups in total. The zero-order chi connectivity index (χ0) is 33.2. The van der Waals surface area contributed by atoms with E-state index < -0.39 is 20.7 Å². The van der Waals surface area contributed by atoms with Crippen LogP contribution >= 0.6 is 27.3 Å². The van der Waals surface area contributed by atoms with Crippen molar-refractivity contribution in [3.8, 4) is 17.2 Å². The van der Waals surface area contributed by atoms with Gasteiger partial charge in [0.15, 0.2) is 5.13 Å². The molecule has 250 valence electrons. The van der Waals surface area contributed by atoms with Gasteiger partial charge in [0.1, 0.15) is 28.0 Å². The van der Waals surface area contributed by atoms with Gasteiger partial charge in [-0.1, -0.05) is 12.1 Å². The number of halogens is 2. The van der Waals surface area contributed by atoms with Gasteiger partial charge in [0.2, 0.25) is 0 Å². The molecule has 2 saturated heterocycles. The number of ether oxygens (including phenoxy) is 3. The standard InChI is InChI=1S/C34H38BrFN4O5S2/c1-43-26-8-5-23(6-9-26)15-24-19-34(11-4-13-39(34)20-24)22-38-30-18-29(36)32(17-28(30)35)47(41,42)40(33-37-12-14-46-33)21-25-7-10-27(44-2)16-31(25)45-3/h5-10,12,14,16-18,24,38H,4,11,13,15,19-22H2,1-3H3/t24-,34+/m1/s1. The molecule has 9 nitrogen and oxygen atoms in total. The average molecular weight is 746 g/mol. The van der Waals surface area contributed by atoms with Crippen LogP contribution in [0.5, 0.6) is 17.2 Å².